The van der Waals surface area contributed by atoms with Crippen LogP contribution in [0.1, 0.15) is 25.5 Å². The molecule has 0 bridgehead atoms. The van der Waals surface area contributed by atoms with Gasteiger partial charge in [-0.3, -0.25) is 9.59 Å². The second-order valence-electron chi connectivity index (χ2n) is 7.02. The number of halogens is 2. The molecule has 0 N–H and O–H groups in total. The molecule has 8 nitrogen and oxygen atoms in total. The summed E-state index contributed by atoms with van der Waals surface area (Å²) in [5.74, 6) is -0.836. The summed E-state index contributed by atoms with van der Waals surface area (Å²) in [6.07, 6.45) is 2.52. The quantitative estimate of drug-likeness (QED) is 0.509. The lowest BCUT2D eigenvalue weighted by atomic mass is 10.2. The molecule has 0 amide bonds. The minimum absolute atomic E-state index is 0.0321. The van der Waals surface area contributed by atoms with Crippen molar-refractivity contribution >= 4 is 17.4 Å². The summed E-state index contributed by atoms with van der Waals surface area (Å²) in [7, 11) is 1.47. The third-order valence-electron chi connectivity index (χ3n) is 4.66. The molecule has 1 aromatic carbocycles. The average Bonchev–Trinajstić information content (AvgIpc) is 2.74. The highest BCUT2D eigenvalue weighted by molar-refractivity contribution is 6.32. The van der Waals surface area contributed by atoms with Gasteiger partial charge in [-0.15, -0.1) is 0 Å². The Kier molecular flexibility index (Phi) is 7.09. The maximum atomic E-state index is 14.7. The number of hydrogen-bond acceptors (Lipinski definition) is 6. The van der Waals surface area contributed by atoms with E-state index in [0.29, 0.717) is 23.1 Å². The summed E-state index contributed by atoms with van der Waals surface area (Å²) in [6.45, 7) is 3.29. The lowest BCUT2D eigenvalue weighted by Gasteiger charge is -2.14. The largest absolute Gasteiger partial charge is 0.467 e. The summed E-state index contributed by atoms with van der Waals surface area (Å²) >= 11 is 6.14. The van der Waals surface area contributed by atoms with Crippen LogP contribution in [0.15, 0.2) is 46.1 Å². The van der Waals surface area contributed by atoms with Crippen molar-refractivity contribution in [3.63, 3.8) is 0 Å². The van der Waals surface area contributed by atoms with E-state index in [9.17, 15) is 18.8 Å². The molecule has 10 heteroatoms. The Balaban J connectivity index is 2.01. The van der Waals surface area contributed by atoms with Crippen molar-refractivity contribution in [2.24, 2.45) is 7.05 Å². The van der Waals surface area contributed by atoms with Gasteiger partial charge in [0.25, 0.3) is 11.4 Å². The van der Waals surface area contributed by atoms with E-state index >= 15 is 0 Å². The molecule has 32 heavy (non-hydrogen) atoms. The highest BCUT2D eigenvalue weighted by atomic mass is 35.5. The summed E-state index contributed by atoms with van der Waals surface area (Å²) in [5, 5.41) is -0.0971. The number of carbonyl (C=O) groups is 1. The number of hydrogen-bond donors (Lipinski definition) is 0. The number of pyridine rings is 1. The molecular formula is C22H21ClFN3O5. The zero-order chi connectivity index (χ0) is 23.4. The number of aromatic nitrogens is 3. The van der Waals surface area contributed by atoms with Gasteiger partial charge in [-0.05, 0) is 31.5 Å². The van der Waals surface area contributed by atoms with Crippen LogP contribution in [0, 0.1) is 12.7 Å². The smallest absolute Gasteiger partial charge is 0.335 e. The third-order valence-corrected chi connectivity index (χ3v) is 4.95. The van der Waals surface area contributed by atoms with E-state index in [-0.39, 0.29) is 40.5 Å². The zero-order valence-electron chi connectivity index (χ0n) is 17.7. The first-order valence-electron chi connectivity index (χ1n) is 9.79. The van der Waals surface area contributed by atoms with Crippen LogP contribution in [0.25, 0.3) is 5.69 Å². The van der Waals surface area contributed by atoms with E-state index in [4.69, 9.17) is 21.1 Å². The van der Waals surface area contributed by atoms with Crippen LogP contribution < -0.4 is 20.7 Å². The van der Waals surface area contributed by atoms with Crippen LogP contribution in [-0.2, 0) is 11.8 Å². The molecular weight excluding hydrogens is 441 g/mol. The van der Waals surface area contributed by atoms with Gasteiger partial charge in [-0.25, -0.2) is 18.7 Å². The fraction of sp³-hybridized carbons (Fsp3) is 0.273. The summed E-state index contributed by atoms with van der Waals surface area (Å²) in [6, 6.07) is 6.42. The van der Waals surface area contributed by atoms with Crippen molar-refractivity contribution in [2.75, 3.05) is 6.61 Å². The van der Waals surface area contributed by atoms with Gasteiger partial charge in [0, 0.05) is 37.5 Å². The Morgan fingerprint density at radius 2 is 1.97 bits per heavy atom. The van der Waals surface area contributed by atoms with Crippen LogP contribution in [0.3, 0.4) is 0 Å². The van der Waals surface area contributed by atoms with Gasteiger partial charge in [0.15, 0.2) is 11.5 Å². The SMILES string of the molecule is CCCC(=O)COc1ncccc1Oc1cc(-n2c(=O)cc(C)n(C)c2=O)c(F)cc1Cl. The number of carbonyl (C=O) groups excluding carboxylic acids is 1. The number of ketones is 1. The Labute approximate surface area is 187 Å². The van der Waals surface area contributed by atoms with E-state index in [1.54, 1.807) is 13.0 Å². The van der Waals surface area contributed by atoms with Crippen LogP contribution in [0.4, 0.5) is 4.39 Å². The molecule has 0 aliphatic heterocycles. The van der Waals surface area contributed by atoms with E-state index in [0.717, 1.165) is 12.1 Å². The average molecular weight is 462 g/mol. The first-order chi connectivity index (χ1) is 15.2. The second kappa shape index (κ2) is 9.78. The Morgan fingerprint density at radius 3 is 2.69 bits per heavy atom. The first kappa shape index (κ1) is 23.2. The van der Waals surface area contributed by atoms with E-state index in [1.165, 1.54) is 29.9 Å². The zero-order valence-corrected chi connectivity index (χ0v) is 18.5. The fourth-order valence-electron chi connectivity index (χ4n) is 2.91. The first-order valence-corrected chi connectivity index (χ1v) is 10.2. The highest BCUT2D eigenvalue weighted by Gasteiger charge is 2.18. The number of rotatable bonds is 8. The minimum Gasteiger partial charge on any atom is -0.467 e. The van der Waals surface area contributed by atoms with Gasteiger partial charge in [-0.2, -0.15) is 0 Å². The van der Waals surface area contributed by atoms with Crippen molar-refractivity contribution in [2.45, 2.75) is 26.7 Å². The van der Waals surface area contributed by atoms with Crippen molar-refractivity contribution < 1.29 is 18.7 Å². The third kappa shape index (κ3) is 4.88. The number of nitrogens with zero attached hydrogens (tertiary/aromatic N) is 3. The Hall–Kier alpha value is -3.46. The maximum Gasteiger partial charge on any atom is 0.335 e. The van der Waals surface area contributed by atoms with Gasteiger partial charge < -0.3 is 14.0 Å². The van der Waals surface area contributed by atoms with Crippen LogP contribution in [-0.4, -0.2) is 26.5 Å². The predicted octanol–water partition coefficient (Wildman–Crippen LogP) is 3.57. The lowest BCUT2D eigenvalue weighted by Crippen LogP contribution is -2.38. The predicted molar refractivity (Wildman–Crippen MR) is 117 cm³/mol. The second-order valence-corrected chi connectivity index (χ2v) is 7.43. The number of Topliss-reactive ketones (excluding diaryl/α,β-unsaturated/α-hetero) is 1. The summed E-state index contributed by atoms with van der Waals surface area (Å²) in [5.41, 5.74) is -1.31. The normalized spacial score (nSPS) is 10.8. The summed E-state index contributed by atoms with van der Waals surface area (Å²) in [4.78, 5) is 40.9. The van der Waals surface area contributed by atoms with Crippen LogP contribution in [0.5, 0.6) is 17.4 Å². The van der Waals surface area contributed by atoms with Crippen LogP contribution in [0.2, 0.25) is 5.02 Å². The topological polar surface area (TPSA) is 92.4 Å². The molecule has 3 aromatic rings. The highest BCUT2D eigenvalue weighted by Crippen LogP contribution is 2.35. The van der Waals surface area contributed by atoms with Gasteiger partial charge in [0.1, 0.15) is 18.2 Å². The van der Waals surface area contributed by atoms with E-state index < -0.39 is 17.1 Å². The van der Waals surface area contributed by atoms with Gasteiger partial charge in [0.05, 0.1) is 10.7 Å². The molecule has 0 atom stereocenters. The molecule has 0 aliphatic rings. The molecule has 168 valence electrons. The van der Waals surface area contributed by atoms with Crippen molar-refractivity contribution in [1.29, 1.82) is 0 Å². The molecule has 0 spiro atoms. The monoisotopic (exact) mass is 461 g/mol. The molecule has 0 aliphatic carbocycles. The van der Waals surface area contributed by atoms with Crippen LogP contribution >= 0.6 is 11.6 Å². The molecule has 0 radical (unpaired) electrons. The summed E-state index contributed by atoms with van der Waals surface area (Å²) < 4.78 is 27.8. The molecule has 2 heterocycles. The number of aryl methyl sites for hydroxylation is 1. The maximum absolute atomic E-state index is 14.7. The van der Waals surface area contributed by atoms with Crippen molar-refractivity contribution in [3.8, 4) is 23.1 Å². The van der Waals surface area contributed by atoms with Crippen molar-refractivity contribution in [3.05, 3.63) is 73.9 Å². The number of benzene rings is 1. The lowest BCUT2D eigenvalue weighted by molar-refractivity contribution is -0.121. The van der Waals surface area contributed by atoms with Gasteiger partial charge >= 0.3 is 5.69 Å². The standard InChI is InChI=1S/C22H21ClFN3O5/c1-4-6-14(28)12-31-21-18(7-5-8-25-21)32-19-11-17(16(24)10-15(19)23)27-20(29)9-13(2)26(3)22(27)30/h5,7-11H,4,6,12H2,1-3H3. The molecule has 0 saturated carbocycles. The molecule has 0 unspecified atom stereocenters. The van der Waals surface area contributed by atoms with E-state index in [2.05, 4.69) is 4.98 Å². The molecule has 2 aromatic heterocycles. The van der Waals surface area contributed by atoms with Crippen molar-refractivity contribution in [1.82, 2.24) is 14.1 Å². The van der Waals surface area contributed by atoms with E-state index in [1.807, 2.05) is 6.92 Å². The Morgan fingerprint density at radius 1 is 1.22 bits per heavy atom. The number of ether oxygens (including phenoxy) is 2. The molecule has 0 saturated heterocycles. The van der Waals surface area contributed by atoms with Gasteiger partial charge in [-0.1, -0.05) is 18.5 Å². The molecule has 0 fully saturated rings. The Bertz CT molecular complexity index is 1290. The fourth-order valence-corrected chi connectivity index (χ4v) is 3.09. The minimum atomic E-state index is -0.877. The van der Waals surface area contributed by atoms with Gasteiger partial charge in [0.2, 0.25) is 0 Å². The molecule has 3 rings (SSSR count).